The van der Waals surface area contributed by atoms with Crippen LogP contribution in [0.5, 0.6) is 0 Å². The third-order valence-corrected chi connectivity index (χ3v) is 4.89. The summed E-state index contributed by atoms with van der Waals surface area (Å²) in [5, 5.41) is 16.9. The third kappa shape index (κ3) is 4.78. The molecule has 0 unspecified atom stereocenters. The van der Waals surface area contributed by atoms with Crippen LogP contribution in [0, 0.1) is 10.1 Å². The monoisotopic (exact) mass is 400 g/mol. The van der Waals surface area contributed by atoms with E-state index in [1.165, 1.54) is 23.5 Å². The summed E-state index contributed by atoms with van der Waals surface area (Å²) in [6.07, 6.45) is 0.470. The Morgan fingerprint density at radius 3 is 2.59 bits per heavy atom. The van der Waals surface area contributed by atoms with Crippen molar-refractivity contribution >= 4 is 40.3 Å². The number of benzene rings is 2. The van der Waals surface area contributed by atoms with Crippen molar-refractivity contribution < 1.29 is 14.6 Å². The van der Waals surface area contributed by atoms with Crippen LogP contribution in [0.2, 0.25) is 5.02 Å². The van der Waals surface area contributed by atoms with Gasteiger partial charge in [-0.3, -0.25) is 10.1 Å². The number of rotatable bonds is 6. The molecule has 0 aliphatic carbocycles. The van der Waals surface area contributed by atoms with E-state index in [1.54, 1.807) is 0 Å². The molecular formula is C19H13ClN2O4S. The Hall–Kier alpha value is -3.03. The number of oxime groups is 1. The molecule has 2 aromatic carbocycles. The van der Waals surface area contributed by atoms with E-state index in [9.17, 15) is 14.9 Å². The number of nitrogens with zero attached hydrogens (tertiary/aromatic N) is 2. The SMILES string of the molecule is O=C(O/N=C(\Cc1ccccc1)c1cccs1)c1cc([N+](=O)[O-])ccc1Cl. The van der Waals surface area contributed by atoms with E-state index >= 15 is 0 Å². The molecule has 136 valence electrons. The van der Waals surface area contributed by atoms with Crippen LogP contribution >= 0.6 is 22.9 Å². The lowest BCUT2D eigenvalue weighted by molar-refractivity contribution is -0.384. The first-order valence-corrected chi connectivity index (χ1v) is 9.10. The maximum absolute atomic E-state index is 12.3. The summed E-state index contributed by atoms with van der Waals surface area (Å²) in [7, 11) is 0. The normalized spacial score (nSPS) is 11.2. The fourth-order valence-corrected chi connectivity index (χ4v) is 3.23. The van der Waals surface area contributed by atoms with Gasteiger partial charge in [0.2, 0.25) is 0 Å². The number of halogens is 1. The molecule has 0 aliphatic heterocycles. The van der Waals surface area contributed by atoms with Crippen LogP contribution in [-0.2, 0) is 11.3 Å². The van der Waals surface area contributed by atoms with Gasteiger partial charge in [0.1, 0.15) is 5.71 Å². The lowest BCUT2D eigenvalue weighted by atomic mass is 10.1. The number of hydrogen-bond acceptors (Lipinski definition) is 6. The summed E-state index contributed by atoms with van der Waals surface area (Å²) in [5.74, 6) is -0.856. The van der Waals surface area contributed by atoms with Gasteiger partial charge in [-0.2, -0.15) is 0 Å². The summed E-state index contributed by atoms with van der Waals surface area (Å²) >= 11 is 7.44. The van der Waals surface area contributed by atoms with Gasteiger partial charge in [0.05, 0.1) is 20.4 Å². The molecule has 0 atom stereocenters. The van der Waals surface area contributed by atoms with E-state index in [-0.39, 0.29) is 16.3 Å². The van der Waals surface area contributed by atoms with Gasteiger partial charge in [0.25, 0.3) is 5.69 Å². The van der Waals surface area contributed by atoms with Crippen LogP contribution < -0.4 is 0 Å². The number of carbonyl (C=O) groups excluding carboxylic acids is 1. The maximum atomic E-state index is 12.3. The molecule has 0 saturated heterocycles. The van der Waals surface area contributed by atoms with Crippen LogP contribution in [0.15, 0.2) is 71.2 Å². The van der Waals surface area contributed by atoms with Gasteiger partial charge in [-0.15, -0.1) is 11.3 Å². The van der Waals surface area contributed by atoms with Crippen LogP contribution in [0.3, 0.4) is 0 Å². The van der Waals surface area contributed by atoms with E-state index in [0.717, 1.165) is 16.5 Å². The van der Waals surface area contributed by atoms with Crippen molar-refractivity contribution in [3.05, 3.63) is 97.2 Å². The Labute approximate surface area is 163 Å². The molecule has 1 aromatic heterocycles. The highest BCUT2D eigenvalue weighted by molar-refractivity contribution is 7.12. The summed E-state index contributed by atoms with van der Waals surface area (Å²) < 4.78 is 0. The molecule has 0 radical (unpaired) electrons. The molecule has 0 fully saturated rings. The molecule has 0 N–H and O–H groups in total. The number of hydrogen-bond donors (Lipinski definition) is 0. The number of nitro benzene ring substituents is 1. The molecule has 1 heterocycles. The summed E-state index contributed by atoms with van der Waals surface area (Å²) in [5.41, 5.74) is 1.22. The molecular weight excluding hydrogens is 388 g/mol. The van der Waals surface area contributed by atoms with Crippen molar-refractivity contribution in [1.82, 2.24) is 0 Å². The molecule has 0 aliphatic rings. The standard InChI is InChI=1S/C19H13ClN2O4S/c20-16-9-8-14(22(24)25)12-15(16)19(23)26-21-17(18-7-4-10-27-18)11-13-5-2-1-3-6-13/h1-10,12H,11H2/b21-17+. The van der Waals surface area contributed by atoms with Crippen LogP contribution in [0.25, 0.3) is 0 Å². The largest absolute Gasteiger partial charge is 0.367 e. The first-order valence-electron chi connectivity index (χ1n) is 7.84. The topological polar surface area (TPSA) is 81.8 Å². The van der Waals surface area contributed by atoms with Gasteiger partial charge < -0.3 is 4.84 Å². The van der Waals surface area contributed by atoms with Gasteiger partial charge >= 0.3 is 5.97 Å². The van der Waals surface area contributed by atoms with Gasteiger partial charge in [0, 0.05) is 18.6 Å². The highest BCUT2D eigenvalue weighted by atomic mass is 35.5. The van der Waals surface area contributed by atoms with Crippen molar-refractivity contribution in [1.29, 1.82) is 0 Å². The predicted octanol–water partition coefficient (Wildman–Crippen LogP) is 5.11. The predicted molar refractivity (Wildman–Crippen MR) is 105 cm³/mol. The molecule has 6 nitrogen and oxygen atoms in total. The third-order valence-electron chi connectivity index (χ3n) is 3.64. The van der Waals surface area contributed by atoms with Gasteiger partial charge in [-0.05, 0) is 23.1 Å². The van der Waals surface area contributed by atoms with E-state index in [4.69, 9.17) is 16.4 Å². The minimum Gasteiger partial charge on any atom is -0.312 e. The van der Waals surface area contributed by atoms with Crippen LogP contribution in [0.1, 0.15) is 20.8 Å². The average molecular weight is 401 g/mol. The molecule has 0 spiro atoms. The molecule has 0 amide bonds. The minimum absolute atomic E-state index is 0.0570. The molecule has 3 aromatic rings. The Bertz CT molecular complexity index is 988. The lowest BCUT2D eigenvalue weighted by Crippen LogP contribution is -2.08. The van der Waals surface area contributed by atoms with Gasteiger partial charge in [0.15, 0.2) is 0 Å². The Morgan fingerprint density at radius 2 is 1.93 bits per heavy atom. The Kier molecular flexibility index (Phi) is 5.95. The van der Waals surface area contributed by atoms with E-state index in [0.29, 0.717) is 12.1 Å². The molecule has 8 heteroatoms. The minimum atomic E-state index is -0.856. The zero-order valence-electron chi connectivity index (χ0n) is 13.9. The smallest absolute Gasteiger partial charge is 0.312 e. The van der Waals surface area contributed by atoms with E-state index in [1.807, 2.05) is 47.8 Å². The molecule has 0 saturated carbocycles. The second-order valence-electron chi connectivity index (χ2n) is 5.48. The zero-order valence-corrected chi connectivity index (χ0v) is 15.4. The molecule has 27 heavy (non-hydrogen) atoms. The molecule has 0 bridgehead atoms. The first-order chi connectivity index (χ1) is 13.0. The van der Waals surface area contributed by atoms with Crippen molar-refractivity contribution in [2.24, 2.45) is 5.16 Å². The quantitative estimate of drug-likeness (QED) is 0.249. The van der Waals surface area contributed by atoms with Gasteiger partial charge in [-0.25, -0.2) is 4.79 Å². The zero-order chi connectivity index (χ0) is 19.2. The van der Waals surface area contributed by atoms with Crippen molar-refractivity contribution in [2.75, 3.05) is 0 Å². The summed E-state index contributed by atoms with van der Waals surface area (Å²) in [4.78, 5) is 28.5. The Balaban J connectivity index is 1.85. The first kappa shape index (κ1) is 18.8. The Morgan fingerprint density at radius 1 is 1.15 bits per heavy atom. The number of nitro groups is 1. The number of thiophene rings is 1. The van der Waals surface area contributed by atoms with Crippen molar-refractivity contribution in [3.8, 4) is 0 Å². The average Bonchev–Trinajstić information content (AvgIpc) is 3.20. The van der Waals surface area contributed by atoms with E-state index < -0.39 is 10.9 Å². The summed E-state index contributed by atoms with van der Waals surface area (Å²) in [6, 6.07) is 17.0. The van der Waals surface area contributed by atoms with Gasteiger partial charge in [-0.1, -0.05) is 53.2 Å². The fourth-order valence-electron chi connectivity index (χ4n) is 2.33. The van der Waals surface area contributed by atoms with Crippen LogP contribution in [0.4, 0.5) is 5.69 Å². The number of carbonyl (C=O) groups is 1. The van der Waals surface area contributed by atoms with Crippen molar-refractivity contribution in [2.45, 2.75) is 6.42 Å². The lowest BCUT2D eigenvalue weighted by Gasteiger charge is -2.06. The van der Waals surface area contributed by atoms with Crippen molar-refractivity contribution in [3.63, 3.8) is 0 Å². The maximum Gasteiger partial charge on any atom is 0.367 e. The highest BCUT2D eigenvalue weighted by Gasteiger charge is 2.18. The fraction of sp³-hybridized carbons (Fsp3) is 0.0526. The van der Waals surface area contributed by atoms with E-state index in [2.05, 4.69) is 5.16 Å². The summed E-state index contributed by atoms with van der Waals surface area (Å²) in [6.45, 7) is 0. The second kappa shape index (κ2) is 8.57. The van der Waals surface area contributed by atoms with Crippen LogP contribution in [-0.4, -0.2) is 16.6 Å². The number of non-ortho nitro benzene ring substituents is 1. The molecule has 3 rings (SSSR count). The second-order valence-corrected chi connectivity index (χ2v) is 6.83. The highest BCUT2D eigenvalue weighted by Crippen LogP contribution is 2.23.